The smallest absolute Gasteiger partial charge is 0.187 e. The van der Waals surface area contributed by atoms with Crippen LogP contribution in [-0.4, -0.2) is 73.1 Å². The van der Waals surface area contributed by atoms with Gasteiger partial charge < -0.3 is 47.7 Å². The lowest BCUT2D eigenvalue weighted by atomic mass is 9.96. The zero-order valence-corrected chi connectivity index (χ0v) is 36.2. The van der Waals surface area contributed by atoms with Crippen LogP contribution in [0.25, 0.3) is 0 Å². The first-order chi connectivity index (χ1) is 31.6. The molecule has 2 heterocycles. The molecule has 2 saturated heterocycles. The van der Waals surface area contributed by atoms with Crippen LogP contribution in [-0.2, 0) is 82.3 Å². The summed E-state index contributed by atoms with van der Waals surface area (Å²) in [5.74, 6) is 0. The predicted molar refractivity (Wildman–Crippen MR) is 241 cm³/mol. The summed E-state index contributed by atoms with van der Waals surface area (Å²) in [6, 6.07) is 59.7. The Morgan fingerprint density at radius 2 is 0.703 bits per heavy atom. The van der Waals surface area contributed by atoms with Crippen LogP contribution in [0.15, 0.2) is 182 Å². The minimum Gasteiger partial charge on any atom is -0.374 e. The van der Waals surface area contributed by atoms with Crippen molar-refractivity contribution in [3.8, 4) is 0 Å². The van der Waals surface area contributed by atoms with Gasteiger partial charge in [0.25, 0.3) is 0 Å². The molecule has 0 bridgehead atoms. The number of rotatable bonds is 21. The van der Waals surface area contributed by atoms with Gasteiger partial charge in [-0.15, -0.1) is 0 Å². The van der Waals surface area contributed by atoms with Gasteiger partial charge in [0, 0.05) is 0 Å². The third-order valence-corrected chi connectivity index (χ3v) is 11.4. The first-order valence-electron chi connectivity index (χ1n) is 22.1. The zero-order valence-electron chi connectivity index (χ0n) is 36.2. The van der Waals surface area contributed by atoms with E-state index in [2.05, 4.69) is 0 Å². The first kappa shape index (κ1) is 45.5. The van der Waals surface area contributed by atoms with Crippen molar-refractivity contribution in [1.82, 2.24) is 0 Å². The van der Waals surface area contributed by atoms with E-state index in [0.29, 0.717) is 19.8 Å². The van der Waals surface area contributed by atoms with Crippen LogP contribution in [0.3, 0.4) is 0 Å². The molecule has 64 heavy (non-hydrogen) atoms. The number of hydrogen-bond acceptors (Lipinski definition) is 10. The molecule has 334 valence electrons. The van der Waals surface area contributed by atoms with Crippen LogP contribution in [0.4, 0.5) is 0 Å². The summed E-state index contributed by atoms with van der Waals surface area (Å²) in [6.45, 7) is 3.67. The quantitative estimate of drug-likeness (QED) is 0.0755. The standard InChI is InChI=1S/C54H58O10/c1-39-47(57-33-41-22-10-3-11-23-41)49(58-34-42-24-12-4-13-25-42)52(61-37-45-30-18-7-19-31-45)54(62-39)64-48-46(38-56-32-40-20-8-2-9-21-40)63-53(55)51(60-36-44-28-16-6-17-29-44)50(48)59-35-43-26-14-5-15-27-43/h2-31,39,46-55H,32-38H2,1H3/t39-,46-,47-,48-,49+,50+,51-,52-,53-,54+/m1/s1. The Kier molecular flexibility index (Phi) is 16.9. The average molecular weight is 867 g/mol. The lowest BCUT2D eigenvalue weighted by Crippen LogP contribution is -2.65. The highest BCUT2D eigenvalue weighted by Crippen LogP contribution is 2.36. The van der Waals surface area contributed by atoms with Crippen molar-refractivity contribution in [3.63, 3.8) is 0 Å². The molecule has 0 amide bonds. The third kappa shape index (κ3) is 12.8. The van der Waals surface area contributed by atoms with Gasteiger partial charge in [0.05, 0.1) is 52.4 Å². The van der Waals surface area contributed by atoms with Crippen molar-refractivity contribution in [2.45, 2.75) is 108 Å². The van der Waals surface area contributed by atoms with Crippen molar-refractivity contribution >= 4 is 0 Å². The van der Waals surface area contributed by atoms with Crippen molar-refractivity contribution in [2.24, 2.45) is 0 Å². The SMILES string of the molecule is C[C@H]1O[C@@H](O[C@H]2[C@H](OCc3ccccc3)[C@@H](OCc3ccccc3)[C@H](O)O[C@@H]2COCc2ccccc2)[C@H](OCc2ccccc2)[C@@H](OCc2ccccc2)[C@@H]1OCc1ccccc1. The fourth-order valence-electron chi connectivity index (χ4n) is 8.09. The van der Waals surface area contributed by atoms with Crippen molar-refractivity contribution in [1.29, 1.82) is 0 Å². The van der Waals surface area contributed by atoms with Crippen LogP contribution in [0, 0.1) is 0 Å². The minimum absolute atomic E-state index is 0.0712. The maximum absolute atomic E-state index is 11.8. The van der Waals surface area contributed by atoms with E-state index in [9.17, 15) is 5.11 Å². The molecule has 0 unspecified atom stereocenters. The van der Waals surface area contributed by atoms with Gasteiger partial charge in [-0.05, 0) is 40.3 Å². The van der Waals surface area contributed by atoms with E-state index < -0.39 is 61.4 Å². The summed E-state index contributed by atoms with van der Waals surface area (Å²) >= 11 is 0. The molecule has 0 aromatic heterocycles. The molecule has 6 aromatic carbocycles. The maximum Gasteiger partial charge on any atom is 0.187 e. The van der Waals surface area contributed by atoms with Gasteiger partial charge in [-0.2, -0.15) is 0 Å². The molecule has 10 heteroatoms. The maximum atomic E-state index is 11.8. The van der Waals surface area contributed by atoms with Gasteiger partial charge in [-0.3, -0.25) is 0 Å². The number of benzene rings is 6. The van der Waals surface area contributed by atoms with E-state index in [1.54, 1.807) is 0 Å². The van der Waals surface area contributed by atoms with Gasteiger partial charge in [0.15, 0.2) is 12.6 Å². The molecule has 0 saturated carbocycles. The van der Waals surface area contributed by atoms with E-state index in [1.807, 2.05) is 189 Å². The summed E-state index contributed by atoms with van der Waals surface area (Å²) in [5, 5.41) is 11.8. The molecular formula is C54H58O10. The monoisotopic (exact) mass is 866 g/mol. The van der Waals surface area contributed by atoms with Crippen molar-refractivity contribution < 1.29 is 47.7 Å². The van der Waals surface area contributed by atoms with Gasteiger partial charge in [-0.1, -0.05) is 182 Å². The lowest BCUT2D eigenvalue weighted by molar-refractivity contribution is -0.370. The Bertz CT molecular complexity index is 2190. The number of hydrogen-bond donors (Lipinski definition) is 1. The molecule has 0 radical (unpaired) electrons. The van der Waals surface area contributed by atoms with Crippen molar-refractivity contribution in [2.75, 3.05) is 6.61 Å². The van der Waals surface area contributed by atoms with Crippen LogP contribution < -0.4 is 0 Å². The summed E-state index contributed by atoms with van der Waals surface area (Å²) in [7, 11) is 0. The van der Waals surface area contributed by atoms with Crippen molar-refractivity contribution in [3.05, 3.63) is 215 Å². The molecule has 2 aliphatic rings. The fourth-order valence-corrected chi connectivity index (χ4v) is 8.09. The van der Waals surface area contributed by atoms with E-state index in [4.69, 9.17) is 42.6 Å². The average Bonchev–Trinajstić information content (AvgIpc) is 3.34. The number of aliphatic hydroxyl groups excluding tert-OH is 1. The van der Waals surface area contributed by atoms with E-state index in [-0.39, 0.29) is 26.4 Å². The second-order valence-electron chi connectivity index (χ2n) is 16.2. The minimum atomic E-state index is -1.37. The Morgan fingerprint density at radius 3 is 1.11 bits per heavy atom. The van der Waals surface area contributed by atoms with E-state index in [0.717, 1.165) is 33.4 Å². The van der Waals surface area contributed by atoms with Gasteiger partial charge >= 0.3 is 0 Å². The molecule has 10 nitrogen and oxygen atoms in total. The Hall–Kier alpha value is -5.08. The highest BCUT2D eigenvalue weighted by atomic mass is 16.7. The molecule has 6 aromatic rings. The Balaban J connectivity index is 1.14. The summed E-state index contributed by atoms with van der Waals surface area (Å²) < 4.78 is 60.8. The third-order valence-electron chi connectivity index (χ3n) is 11.4. The second-order valence-corrected chi connectivity index (χ2v) is 16.2. The number of ether oxygens (including phenoxy) is 9. The molecule has 1 N–H and O–H groups in total. The Morgan fingerprint density at radius 1 is 0.375 bits per heavy atom. The van der Waals surface area contributed by atoms with E-state index >= 15 is 0 Å². The second kappa shape index (κ2) is 23.7. The summed E-state index contributed by atoms with van der Waals surface area (Å²) in [5.41, 5.74) is 5.87. The van der Waals surface area contributed by atoms with Crippen LogP contribution in [0.2, 0.25) is 0 Å². The molecule has 0 spiro atoms. The van der Waals surface area contributed by atoms with Crippen LogP contribution >= 0.6 is 0 Å². The molecule has 8 rings (SSSR count). The molecule has 10 atom stereocenters. The lowest BCUT2D eigenvalue weighted by Gasteiger charge is -2.49. The fraction of sp³-hybridized carbons (Fsp3) is 0.333. The van der Waals surface area contributed by atoms with Gasteiger partial charge in [0.2, 0.25) is 0 Å². The van der Waals surface area contributed by atoms with Crippen LogP contribution in [0.5, 0.6) is 0 Å². The van der Waals surface area contributed by atoms with Gasteiger partial charge in [0.1, 0.15) is 42.7 Å². The molecule has 2 fully saturated rings. The molecule has 2 aliphatic heterocycles. The molecular weight excluding hydrogens is 809 g/mol. The predicted octanol–water partition coefficient (Wildman–Crippen LogP) is 8.98. The topological polar surface area (TPSA) is 103 Å². The first-order valence-corrected chi connectivity index (χ1v) is 22.1. The molecule has 0 aliphatic carbocycles. The highest BCUT2D eigenvalue weighted by molar-refractivity contribution is 5.18. The largest absolute Gasteiger partial charge is 0.374 e. The van der Waals surface area contributed by atoms with E-state index in [1.165, 1.54) is 0 Å². The summed E-state index contributed by atoms with van der Waals surface area (Å²) in [4.78, 5) is 0. The highest BCUT2D eigenvalue weighted by Gasteiger charge is 2.53. The normalized spacial score (nSPS) is 25.8. The van der Waals surface area contributed by atoms with Gasteiger partial charge in [-0.25, -0.2) is 0 Å². The Labute approximate surface area is 376 Å². The number of aliphatic hydroxyl groups is 1. The summed E-state index contributed by atoms with van der Waals surface area (Å²) in [6.07, 6.45) is -8.44. The zero-order chi connectivity index (χ0) is 43.8. The van der Waals surface area contributed by atoms with Crippen LogP contribution in [0.1, 0.15) is 40.3 Å².